The summed E-state index contributed by atoms with van der Waals surface area (Å²) < 4.78 is 2.22. The lowest BCUT2D eigenvalue weighted by Crippen LogP contribution is -2.34. The smallest absolute Gasteiger partial charge is 0.0953 e. The second kappa shape index (κ2) is 6.39. The van der Waals surface area contributed by atoms with Crippen molar-refractivity contribution in [2.75, 3.05) is 13.1 Å². The van der Waals surface area contributed by atoms with E-state index in [2.05, 4.69) is 21.8 Å². The van der Waals surface area contributed by atoms with Crippen LogP contribution in [0.1, 0.15) is 25.8 Å². The molecule has 5 heteroatoms. The van der Waals surface area contributed by atoms with Crippen molar-refractivity contribution < 1.29 is 0 Å². The van der Waals surface area contributed by atoms with Crippen LogP contribution in [0.4, 0.5) is 0 Å². The summed E-state index contributed by atoms with van der Waals surface area (Å²) in [5.74, 6) is 0.615. The van der Waals surface area contributed by atoms with Gasteiger partial charge in [0.15, 0.2) is 0 Å². The van der Waals surface area contributed by atoms with E-state index in [-0.39, 0.29) is 0 Å². The van der Waals surface area contributed by atoms with Crippen LogP contribution in [0.3, 0.4) is 0 Å². The van der Waals surface area contributed by atoms with Gasteiger partial charge in [-0.3, -0.25) is 0 Å². The van der Waals surface area contributed by atoms with Gasteiger partial charge in [-0.1, -0.05) is 23.2 Å². The van der Waals surface area contributed by atoms with Gasteiger partial charge in [-0.25, -0.2) is 4.98 Å². The van der Waals surface area contributed by atoms with Crippen LogP contribution in [0.15, 0.2) is 30.7 Å². The molecule has 1 fully saturated rings. The topological polar surface area (TPSA) is 29.9 Å². The SMILES string of the molecule is CC(C1CCCNC1)n1cncc1-c1cc(Cl)ccc1Cl. The molecular weight excluding hydrogens is 305 g/mol. The van der Waals surface area contributed by atoms with Crippen LogP contribution in [0, 0.1) is 5.92 Å². The Bertz CT molecular complexity index is 618. The fraction of sp³-hybridized carbons (Fsp3) is 0.438. The number of rotatable bonds is 3. The van der Waals surface area contributed by atoms with Gasteiger partial charge in [-0.15, -0.1) is 0 Å². The van der Waals surface area contributed by atoms with Gasteiger partial charge in [-0.2, -0.15) is 0 Å². The molecule has 0 aliphatic carbocycles. The molecule has 3 rings (SSSR count). The third kappa shape index (κ3) is 3.10. The Balaban J connectivity index is 1.94. The lowest BCUT2D eigenvalue weighted by atomic mass is 9.92. The molecule has 0 spiro atoms. The van der Waals surface area contributed by atoms with Gasteiger partial charge < -0.3 is 9.88 Å². The van der Waals surface area contributed by atoms with E-state index in [0.717, 1.165) is 24.3 Å². The summed E-state index contributed by atoms with van der Waals surface area (Å²) in [6.07, 6.45) is 6.24. The monoisotopic (exact) mass is 323 g/mol. The van der Waals surface area contributed by atoms with E-state index in [9.17, 15) is 0 Å². The Kier molecular flexibility index (Phi) is 4.53. The summed E-state index contributed by atoms with van der Waals surface area (Å²) in [7, 11) is 0. The summed E-state index contributed by atoms with van der Waals surface area (Å²) in [6.45, 7) is 4.43. The normalized spacial score (nSPS) is 20.4. The number of hydrogen-bond acceptors (Lipinski definition) is 2. The molecule has 1 aliphatic heterocycles. The molecule has 0 radical (unpaired) electrons. The van der Waals surface area contributed by atoms with E-state index >= 15 is 0 Å². The van der Waals surface area contributed by atoms with E-state index < -0.39 is 0 Å². The van der Waals surface area contributed by atoms with Gasteiger partial charge >= 0.3 is 0 Å². The Morgan fingerprint density at radius 1 is 1.38 bits per heavy atom. The molecule has 1 saturated heterocycles. The molecule has 1 aliphatic rings. The number of benzene rings is 1. The van der Waals surface area contributed by atoms with Crippen molar-refractivity contribution in [2.45, 2.75) is 25.8 Å². The first-order valence-corrected chi connectivity index (χ1v) is 8.10. The highest BCUT2D eigenvalue weighted by Gasteiger charge is 2.23. The summed E-state index contributed by atoms with van der Waals surface area (Å²) in [5.41, 5.74) is 1.97. The van der Waals surface area contributed by atoms with E-state index in [4.69, 9.17) is 23.2 Å². The number of piperidine rings is 1. The number of aromatic nitrogens is 2. The minimum absolute atomic E-state index is 0.380. The zero-order valence-corrected chi connectivity index (χ0v) is 13.5. The zero-order chi connectivity index (χ0) is 14.8. The zero-order valence-electron chi connectivity index (χ0n) is 12.0. The number of nitrogens with zero attached hydrogens (tertiary/aromatic N) is 2. The van der Waals surface area contributed by atoms with Crippen molar-refractivity contribution in [3.05, 3.63) is 40.8 Å². The van der Waals surface area contributed by atoms with Gasteiger partial charge in [0.2, 0.25) is 0 Å². The summed E-state index contributed by atoms with van der Waals surface area (Å²) in [4.78, 5) is 4.33. The van der Waals surface area contributed by atoms with Crippen molar-refractivity contribution in [3.63, 3.8) is 0 Å². The lowest BCUT2D eigenvalue weighted by Gasteiger charge is -2.30. The quantitative estimate of drug-likeness (QED) is 0.906. The maximum Gasteiger partial charge on any atom is 0.0953 e. The Morgan fingerprint density at radius 3 is 3.00 bits per heavy atom. The minimum Gasteiger partial charge on any atom is -0.327 e. The Hall–Kier alpha value is -1.03. The summed E-state index contributed by atoms with van der Waals surface area (Å²) in [6, 6.07) is 5.93. The molecule has 0 saturated carbocycles. The van der Waals surface area contributed by atoms with Gasteiger partial charge in [0.1, 0.15) is 0 Å². The molecule has 0 bridgehead atoms. The average molecular weight is 324 g/mol. The van der Waals surface area contributed by atoms with Crippen LogP contribution < -0.4 is 5.32 Å². The van der Waals surface area contributed by atoms with Crippen LogP contribution >= 0.6 is 23.2 Å². The number of nitrogens with one attached hydrogen (secondary N) is 1. The third-order valence-electron chi connectivity index (χ3n) is 4.33. The van der Waals surface area contributed by atoms with Crippen molar-refractivity contribution in [1.29, 1.82) is 0 Å². The molecule has 2 aromatic rings. The Labute approximate surface area is 135 Å². The number of hydrogen-bond donors (Lipinski definition) is 1. The first-order chi connectivity index (χ1) is 10.2. The highest BCUT2D eigenvalue weighted by Crippen LogP contribution is 2.34. The van der Waals surface area contributed by atoms with Crippen molar-refractivity contribution in [2.24, 2.45) is 5.92 Å². The second-order valence-electron chi connectivity index (χ2n) is 5.66. The third-order valence-corrected chi connectivity index (χ3v) is 4.89. The maximum absolute atomic E-state index is 6.34. The minimum atomic E-state index is 0.380. The first-order valence-electron chi connectivity index (χ1n) is 7.35. The molecule has 0 amide bonds. The standard InChI is InChI=1S/C16H19Cl2N3/c1-11(12-3-2-6-19-8-12)21-10-20-9-16(21)14-7-13(17)4-5-15(14)18/h4-5,7,9-12,19H,2-3,6,8H2,1H3. The largest absolute Gasteiger partial charge is 0.327 e. The number of imidazole rings is 1. The lowest BCUT2D eigenvalue weighted by molar-refractivity contribution is 0.281. The average Bonchev–Trinajstić information content (AvgIpc) is 2.99. The van der Waals surface area contributed by atoms with Gasteiger partial charge in [0.25, 0.3) is 0 Å². The van der Waals surface area contributed by atoms with Crippen molar-refractivity contribution in [3.8, 4) is 11.3 Å². The fourth-order valence-electron chi connectivity index (χ4n) is 3.05. The van der Waals surface area contributed by atoms with Crippen LogP contribution in [0.2, 0.25) is 10.0 Å². The second-order valence-corrected chi connectivity index (χ2v) is 6.50. The van der Waals surface area contributed by atoms with Crippen molar-refractivity contribution in [1.82, 2.24) is 14.9 Å². The molecule has 2 heterocycles. The van der Waals surface area contributed by atoms with Crippen LogP contribution in [0.5, 0.6) is 0 Å². The van der Waals surface area contributed by atoms with E-state index in [0.29, 0.717) is 22.0 Å². The molecule has 21 heavy (non-hydrogen) atoms. The predicted octanol–water partition coefficient (Wildman–Crippen LogP) is 4.42. The Morgan fingerprint density at radius 2 is 2.24 bits per heavy atom. The molecule has 1 N–H and O–H groups in total. The van der Waals surface area contributed by atoms with Gasteiger partial charge in [0, 0.05) is 16.6 Å². The summed E-state index contributed by atoms with van der Waals surface area (Å²) in [5, 5.41) is 4.87. The molecule has 2 unspecified atom stereocenters. The molecule has 1 aromatic carbocycles. The highest BCUT2D eigenvalue weighted by atomic mass is 35.5. The fourth-order valence-corrected chi connectivity index (χ4v) is 3.44. The van der Waals surface area contributed by atoms with Gasteiger partial charge in [-0.05, 0) is 57.0 Å². The van der Waals surface area contributed by atoms with E-state index in [1.54, 1.807) is 0 Å². The summed E-state index contributed by atoms with van der Waals surface area (Å²) >= 11 is 12.5. The maximum atomic E-state index is 6.34. The number of halogens is 2. The van der Waals surface area contributed by atoms with Crippen LogP contribution in [-0.4, -0.2) is 22.6 Å². The molecule has 112 valence electrons. The van der Waals surface area contributed by atoms with Crippen LogP contribution in [0.25, 0.3) is 11.3 Å². The van der Waals surface area contributed by atoms with E-state index in [1.807, 2.05) is 30.7 Å². The molecule has 2 atom stereocenters. The van der Waals surface area contributed by atoms with Gasteiger partial charge in [0.05, 0.1) is 23.2 Å². The molecule has 1 aromatic heterocycles. The van der Waals surface area contributed by atoms with Crippen molar-refractivity contribution >= 4 is 23.2 Å². The molecule has 3 nitrogen and oxygen atoms in total. The highest BCUT2D eigenvalue weighted by molar-refractivity contribution is 6.35. The van der Waals surface area contributed by atoms with Crippen LogP contribution in [-0.2, 0) is 0 Å². The first kappa shape index (κ1) is 14.9. The predicted molar refractivity (Wildman–Crippen MR) is 88.0 cm³/mol. The molecular formula is C16H19Cl2N3. The van der Waals surface area contributed by atoms with E-state index in [1.165, 1.54) is 12.8 Å².